The molecule has 0 heterocycles. The second-order valence-electron chi connectivity index (χ2n) is 3.57. The lowest BCUT2D eigenvalue weighted by Gasteiger charge is -2.17. The van der Waals surface area contributed by atoms with Crippen LogP contribution in [-0.4, -0.2) is 18.3 Å². The molecule has 1 aromatic carbocycles. The van der Waals surface area contributed by atoms with E-state index in [2.05, 4.69) is 12.2 Å². The molecule has 1 unspecified atom stereocenters. The Bertz CT molecular complexity index is 291. The zero-order chi connectivity index (χ0) is 11.1. The van der Waals surface area contributed by atoms with E-state index in [1.807, 2.05) is 6.07 Å². The van der Waals surface area contributed by atoms with E-state index in [1.165, 1.54) is 12.1 Å². The first-order valence-electron chi connectivity index (χ1n) is 5.37. The van der Waals surface area contributed by atoms with Crippen molar-refractivity contribution in [1.29, 1.82) is 0 Å². The topological polar surface area (TPSA) is 32.3 Å². The monoisotopic (exact) mass is 211 g/mol. The van der Waals surface area contributed by atoms with Crippen molar-refractivity contribution < 1.29 is 9.50 Å². The van der Waals surface area contributed by atoms with Gasteiger partial charge in [0.1, 0.15) is 5.82 Å². The van der Waals surface area contributed by atoms with Gasteiger partial charge in [-0.3, -0.25) is 0 Å². The average molecular weight is 211 g/mol. The van der Waals surface area contributed by atoms with Crippen LogP contribution in [0.4, 0.5) is 4.39 Å². The highest BCUT2D eigenvalue weighted by molar-refractivity contribution is 5.20. The number of rotatable bonds is 6. The molecule has 0 saturated carbocycles. The van der Waals surface area contributed by atoms with Gasteiger partial charge in [0.15, 0.2) is 0 Å². The summed E-state index contributed by atoms with van der Waals surface area (Å²) in [5.41, 5.74) is 0.900. The quantitative estimate of drug-likeness (QED) is 0.756. The molecule has 84 valence electrons. The smallest absolute Gasteiger partial charge is 0.123 e. The van der Waals surface area contributed by atoms with Gasteiger partial charge in [0.05, 0.1) is 0 Å². The number of hydrogen-bond donors (Lipinski definition) is 2. The van der Waals surface area contributed by atoms with Crippen molar-refractivity contribution in [3.05, 3.63) is 35.6 Å². The van der Waals surface area contributed by atoms with Gasteiger partial charge in [0.25, 0.3) is 0 Å². The van der Waals surface area contributed by atoms with Gasteiger partial charge in [-0.25, -0.2) is 4.39 Å². The van der Waals surface area contributed by atoms with Crippen molar-refractivity contribution in [3.8, 4) is 0 Å². The van der Waals surface area contributed by atoms with E-state index in [1.54, 1.807) is 6.07 Å². The highest BCUT2D eigenvalue weighted by atomic mass is 19.1. The Morgan fingerprint density at radius 1 is 1.47 bits per heavy atom. The van der Waals surface area contributed by atoms with Crippen molar-refractivity contribution >= 4 is 0 Å². The molecule has 1 atom stereocenters. The Morgan fingerprint density at radius 2 is 2.27 bits per heavy atom. The van der Waals surface area contributed by atoms with Crippen LogP contribution in [0.15, 0.2) is 24.3 Å². The van der Waals surface area contributed by atoms with E-state index in [9.17, 15) is 4.39 Å². The fourth-order valence-corrected chi connectivity index (χ4v) is 1.56. The van der Waals surface area contributed by atoms with Crippen LogP contribution >= 0.6 is 0 Å². The Labute approximate surface area is 90.1 Å². The third kappa shape index (κ3) is 3.98. The first-order chi connectivity index (χ1) is 7.27. The lowest BCUT2D eigenvalue weighted by Crippen LogP contribution is -2.23. The number of nitrogens with one attached hydrogen (secondary N) is 1. The minimum Gasteiger partial charge on any atom is -0.396 e. The molecule has 3 heteroatoms. The van der Waals surface area contributed by atoms with Crippen molar-refractivity contribution in [2.24, 2.45) is 0 Å². The molecular weight excluding hydrogens is 193 g/mol. The molecule has 0 bridgehead atoms. The van der Waals surface area contributed by atoms with E-state index >= 15 is 0 Å². The van der Waals surface area contributed by atoms with Gasteiger partial charge >= 0.3 is 0 Å². The fourth-order valence-electron chi connectivity index (χ4n) is 1.56. The molecule has 2 N–H and O–H groups in total. The largest absolute Gasteiger partial charge is 0.396 e. The van der Waals surface area contributed by atoms with Gasteiger partial charge in [-0.15, -0.1) is 0 Å². The van der Waals surface area contributed by atoms with Crippen molar-refractivity contribution in [3.63, 3.8) is 0 Å². The molecule has 0 aromatic heterocycles. The van der Waals surface area contributed by atoms with Gasteiger partial charge in [-0.2, -0.15) is 0 Å². The van der Waals surface area contributed by atoms with E-state index in [4.69, 9.17) is 5.11 Å². The van der Waals surface area contributed by atoms with Gasteiger partial charge < -0.3 is 10.4 Å². The minimum absolute atomic E-state index is 0.0469. The van der Waals surface area contributed by atoms with Crippen LogP contribution in [0, 0.1) is 5.82 Å². The molecule has 0 aliphatic heterocycles. The molecule has 0 amide bonds. The molecule has 0 fully saturated rings. The summed E-state index contributed by atoms with van der Waals surface area (Å²) in [4.78, 5) is 0. The summed E-state index contributed by atoms with van der Waals surface area (Å²) in [7, 11) is 0. The minimum atomic E-state index is -0.228. The molecule has 0 aliphatic rings. The summed E-state index contributed by atoms with van der Waals surface area (Å²) in [6.45, 7) is 3.06. The molecule has 0 spiro atoms. The second-order valence-corrected chi connectivity index (χ2v) is 3.57. The van der Waals surface area contributed by atoms with Crippen molar-refractivity contribution in [2.45, 2.75) is 25.8 Å². The van der Waals surface area contributed by atoms with Crippen molar-refractivity contribution in [2.75, 3.05) is 13.2 Å². The Morgan fingerprint density at radius 3 is 2.87 bits per heavy atom. The normalized spacial score (nSPS) is 12.7. The predicted octanol–water partition coefficient (Wildman–Crippen LogP) is 2.25. The zero-order valence-corrected chi connectivity index (χ0v) is 9.04. The van der Waals surface area contributed by atoms with E-state index in [-0.39, 0.29) is 18.5 Å². The van der Waals surface area contributed by atoms with E-state index in [0.29, 0.717) is 6.42 Å². The molecular formula is C12H18FNO. The molecule has 2 nitrogen and oxygen atoms in total. The summed E-state index contributed by atoms with van der Waals surface area (Å²) >= 11 is 0. The van der Waals surface area contributed by atoms with Crippen LogP contribution in [0.5, 0.6) is 0 Å². The highest BCUT2D eigenvalue weighted by Gasteiger charge is 2.09. The van der Waals surface area contributed by atoms with Crippen LogP contribution in [0.25, 0.3) is 0 Å². The second kappa shape index (κ2) is 6.53. The first-order valence-corrected chi connectivity index (χ1v) is 5.37. The molecule has 1 rings (SSSR count). The maximum Gasteiger partial charge on any atom is 0.123 e. The molecule has 0 radical (unpaired) electrons. The summed E-state index contributed by atoms with van der Waals surface area (Å²) in [6, 6.07) is 6.57. The first kappa shape index (κ1) is 12.1. The molecule has 0 saturated heterocycles. The Balaban J connectivity index is 2.69. The standard InChI is InChI=1S/C12H18FNO/c1-2-7-14-12(6-8-15)10-4-3-5-11(13)9-10/h3-5,9,12,14-15H,2,6-8H2,1H3. The van der Waals surface area contributed by atoms with Gasteiger partial charge in [-0.05, 0) is 37.1 Å². The highest BCUT2D eigenvalue weighted by Crippen LogP contribution is 2.17. The van der Waals surface area contributed by atoms with Gasteiger partial charge in [0, 0.05) is 12.6 Å². The number of aliphatic hydroxyl groups is 1. The molecule has 1 aromatic rings. The average Bonchev–Trinajstić information content (AvgIpc) is 2.24. The van der Waals surface area contributed by atoms with Crippen LogP contribution in [0.1, 0.15) is 31.4 Å². The SMILES string of the molecule is CCCNC(CCO)c1cccc(F)c1. The maximum atomic E-state index is 13.0. The zero-order valence-electron chi connectivity index (χ0n) is 9.04. The van der Waals surface area contributed by atoms with Gasteiger partial charge in [-0.1, -0.05) is 19.1 Å². The van der Waals surface area contributed by atoms with Crippen molar-refractivity contribution in [1.82, 2.24) is 5.32 Å². The molecule has 15 heavy (non-hydrogen) atoms. The maximum absolute atomic E-state index is 13.0. The summed E-state index contributed by atoms with van der Waals surface area (Å²) in [6.07, 6.45) is 1.64. The van der Waals surface area contributed by atoms with Gasteiger partial charge in [0.2, 0.25) is 0 Å². The number of aliphatic hydroxyl groups excluding tert-OH is 1. The number of hydrogen-bond acceptors (Lipinski definition) is 2. The van der Waals surface area contributed by atoms with E-state index < -0.39 is 0 Å². The van der Waals surface area contributed by atoms with Crippen LogP contribution < -0.4 is 5.32 Å². The lowest BCUT2D eigenvalue weighted by atomic mass is 10.0. The van der Waals surface area contributed by atoms with Crippen LogP contribution in [0.2, 0.25) is 0 Å². The third-order valence-corrected chi connectivity index (χ3v) is 2.31. The fraction of sp³-hybridized carbons (Fsp3) is 0.500. The number of benzene rings is 1. The number of halogens is 1. The van der Waals surface area contributed by atoms with Crippen LogP contribution in [0.3, 0.4) is 0 Å². The summed E-state index contributed by atoms with van der Waals surface area (Å²) < 4.78 is 13.0. The Kier molecular flexibility index (Phi) is 5.29. The molecule has 0 aliphatic carbocycles. The predicted molar refractivity (Wildman–Crippen MR) is 59.1 cm³/mol. The Hall–Kier alpha value is -0.930. The summed E-state index contributed by atoms with van der Waals surface area (Å²) in [5.74, 6) is -0.228. The summed E-state index contributed by atoms with van der Waals surface area (Å²) in [5, 5.41) is 12.2. The third-order valence-electron chi connectivity index (χ3n) is 2.31. The van der Waals surface area contributed by atoms with E-state index in [0.717, 1.165) is 18.5 Å². The van der Waals surface area contributed by atoms with Crippen LogP contribution in [-0.2, 0) is 0 Å². The lowest BCUT2D eigenvalue weighted by molar-refractivity contribution is 0.265.